The van der Waals surface area contributed by atoms with Crippen LogP contribution in [0.4, 0.5) is 8.78 Å². The van der Waals surface area contributed by atoms with Crippen molar-refractivity contribution in [2.24, 2.45) is 0 Å². The van der Waals surface area contributed by atoms with Crippen LogP contribution in [0.1, 0.15) is 41.7 Å². The quantitative estimate of drug-likeness (QED) is 0.882. The summed E-state index contributed by atoms with van der Waals surface area (Å²) in [5, 5.41) is 10.2. The van der Waals surface area contributed by atoms with Crippen LogP contribution in [0.25, 0.3) is 0 Å². The van der Waals surface area contributed by atoms with E-state index in [9.17, 15) is 13.9 Å². The molecule has 0 fully saturated rings. The van der Waals surface area contributed by atoms with Gasteiger partial charge in [0.15, 0.2) is 0 Å². The Hall–Kier alpha value is -1.74. The minimum atomic E-state index is -1.29. The summed E-state index contributed by atoms with van der Waals surface area (Å²) in [5.74, 6) is -1.41. The highest BCUT2D eigenvalue weighted by molar-refractivity contribution is 5.36. The number of benzene rings is 2. The lowest BCUT2D eigenvalue weighted by molar-refractivity contribution is 0.209. The Kier molecular flexibility index (Phi) is 4.50. The molecule has 0 bridgehead atoms. The van der Waals surface area contributed by atoms with Crippen molar-refractivity contribution in [1.82, 2.24) is 0 Å². The van der Waals surface area contributed by atoms with E-state index < -0.39 is 17.7 Å². The summed E-state index contributed by atoms with van der Waals surface area (Å²) in [6, 6.07) is 9.75. The zero-order valence-corrected chi connectivity index (χ0v) is 11.7. The normalized spacial score (nSPS) is 12.4. The van der Waals surface area contributed by atoms with Gasteiger partial charge in [-0.1, -0.05) is 43.7 Å². The molecule has 3 heteroatoms. The summed E-state index contributed by atoms with van der Waals surface area (Å²) in [6.07, 6.45) is 0.692. The maximum absolute atomic E-state index is 14.0. The van der Waals surface area contributed by atoms with Gasteiger partial charge in [-0.15, -0.1) is 0 Å². The molecule has 0 aliphatic rings. The molecule has 1 N–H and O–H groups in total. The number of aryl methyl sites for hydroxylation is 2. The molecule has 0 aliphatic heterocycles. The van der Waals surface area contributed by atoms with Gasteiger partial charge in [0.25, 0.3) is 0 Å². The Labute approximate surface area is 117 Å². The van der Waals surface area contributed by atoms with Crippen LogP contribution in [0.15, 0.2) is 36.4 Å². The van der Waals surface area contributed by atoms with Crippen LogP contribution < -0.4 is 0 Å². The van der Waals surface area contributed by atoms with E-state index in [2.05, 4.69) is 6.92 Å². The lowest BCUT2D eigenvalue weighted by Gasteiger charge is -2.15. The van der Waals surface area contributed by atoms with E-state index >= 15 is 0 Å². The first kappa shape index (κ1) is 14.7. The standard InChI is InChI=1S/C17H18F2O/c1-3-4-12-6-8-13(9-7-12)17(20)15-14(18)10-5-11(2)16(15)19/h5-10,17,20H,3-4H2,1-2H3. The maximum Gasteiger partial charge on any atom is 0.135 e. The third-order valence-corrected chi connectivity index (χ3v) is 3.43. The zero-order chi connectivity index (χ0) is 14.7. The van der Waals surface area contributed by atoms with Crippen LogP contribution in [0.3, 0.4) is 0 Å². The summed E-state index contributed by atoms with van der Waals surface area (Å²) >= 11 is 0. The Bertz CT molecular complexity index is 591. The SMILES string of the molecule is CCCc1ccc(C(O)c2c(F)ccc(C)c2F)cc1. The van der Waals surface area contributed by atoms with E-state index in [1.807, 2.05) is 12.1 Å². The van der Waals surface area contributed by atoms with E-state index in [0.29, 0.717) is 11.1 Å². The maximum atomic E-state index is 14.0. The summed E-state index contributed by atoms with van der Waals surface area (Å²) in [6.45, 7) is 3.63. The molecule has 0 spiro atoms. The van der Waals surface area contributed by atoms with Crippen LogP contribution in [0.5, 0.6) is 0 Å². The van der Waals surface area contributed by atoms with Crippen LogP contribution >= 0.6 is 0 Å². The number of aliphatic hydroxyl groups excluding tert-OH is 1. The van der Waals surface area contributed by atoms with Gasteiger partial charge in [-0.2, -0.15) is 0 Å². The molecule has 0 heterocycles. The van der Waals surface area contributed by atoms with Crippen LogP contribution in [-0.2, 0) is 6.42 Å². The predicted molar refractivity (Wildman–Crippen MR) is 75.6 cm³/mol. The Morgan fingerprint density at radius 3 is 2.30 bits per heavy atom. The molecular formula is C17H18F2O. The van der Waals surface area contributed by atoms with Crippen molar-refractivity contribution in [3.63, 3.8) is 0 Å². The van der Waals surface area contributed by atoms with Crippen LogP contribution in [0.2, 0.25) is 0 Å². The van der Waals surface area contributed by atoms with Gasteiger partial charge in [0, 0.05) is 0 Å². The van der Waals surface area contributed by atoms with Crippen molar-refractivity contribution in [1.29, 1.82) is 0 Å². The van der Waals surface area contributed by atoms with Gasteiger partial charge in [0.2, 0.25) is 0 Å². The number of halogens is 2. The van der Waals surface area contributed by atoms with E-state index in [4.69, 9.17) is 0 Å². The average Bonchev–Trinajstić information content (AvgIpc) is 2.44. The molecule has 2 rings (SSSR count). The van der Waals surface area contributed by atoms with Gasteiger partial charge in [0.1, 0.15) is 17.7 Å². The lowest BCUT2D eigenvalue weighted by Crippen LogP contribution is -2.07. The number of hydrogen-bond acceptors (Lipinski definition) is 1. The summed E-state index contributed by atoms with van der Waals surface area (Å²) in [4.78, 5) is 0. The van der Waals surface area contributed by atoms with Crippen molar-refractivity contribution >= 4 is 0 Å². The topological polar surface area (TPSA) is 20.2 Å². The number of aliphatic hydroxyl groups is 1. The van der Waals surface area contributed by atoms with Gasteiger partial charge in [0.05, 0.1) is 5.56 Å². The molecule has 0 saturated carbocycles. The second-order valence-electron chi connectivity index (χ2n) is 4.99. The number of rotatable bonds is 4. The van der Waals surface area contributed by atoms with Crippen molar-refractivity contribution in [3.8, 4) is 0 Å². The number of hydrogen-bond donors (Lipinski definition) is 1. The van der Waals surface area contributed by atoms with E-state index in [-0.39, 0.29) is 5.56 Å². The second kappa shape index (κ2) is 6.14. The molecule has 1 unspecified atom stereocenters. The first-order chi connectivity index (χ1) is 9.54. The molecule has 0 aromatic heterocycles. The van der Waals surface area contributed by atoms with Crippen molar-refractivity contribution < 1.29 is 13.9 Å². The molecule has 2 aromatic carbocycles. The molecule has 1 nitrogen and oxygen atoms in total. The third kappa shape index (κ3) is 2.88. The van der Waals surface area contributed by atoms with Crippen LogP contribution in [0, 0.1) is 18.6 Å². The van der Waals surface area contributed by atoms with E-state index in [1.54, 1.807) is 19.1 Å². The smallest absolute Gasteiger partial charge is 0.135 e. The minimum Gasteiger partial charge on any atom is -0.383 e. The summed E-state index contributed by atoms with van der Waals surface area (Å²) < 4.78 is 27.8. The molecule has 1 atom stereocenters. The molecule has 0 aliphatic carbocycles. The van der Waals surface area contributed by atoms with Gasteiger partial charge >= 0.3 is 0 Å². The molecule has 20 heavy (non-hydrogen) atoms. The average molecular weight is 276 g/mol. The monoisotopic (exact) mass is 276 g/mol. The van der Waals surface area contributed by atoms with Gasteiger partial charge < -0.3 is 5.11 Å². The Balaban J connectivity index is 2.36. The van der Waals surface area contributed by atoms with Gasteiger partial charge in [-0.05, 0) is 36.1 Å². The lowest BCUT2D eigenvalue weighted by atomic mass is 9.97. The van der Waals surface area contributed by atoms with Gasteiger partial charge in [-0.25, -0.2) is 8.78 Å². The Morgan fingerprint density at radius 2 is 1.70 bits per heavy atom. The fraction of sp³-hybridized carbons (Fsp3) is 0.294. The fourth-order valence-electron chi connectivity index (χ4n) is 2.25. The second-order valence-corrected chi connectivity index (χ2v) is 4.99. The summed E-state index contributed by atoms with van der Waals surface area (Å²) in [5.41, 5.74) is 1.68. The molecule has 0 saturated heterocycles. The highest BCUT2D eigenvalue weighted by Gasteiger charge is 2.20. The van der Waals surface area contributed by atoms with Crippen molar-refractivity contribution in [2.75, 3.05) is 0 Å². The zero-order valence-electron chi connectivity index (χ0n) is 11.7. The Morgan fingerprint density at radius 1 is 1.05 bits per heavy atom. The third-order valence-electron chi connectivity index (χ3n) is 3.43. The highest BCUT2D eigenvalue weighted by atomic mass is 19.1. The first-order valence-corrected chi connectivity index (χ1v) is 6.76. The van der Waals surface area contributed by atoms with Gasteiger partial charge in [-0.3, -0.25) is 0 Å². The minimum absolute atomic E-state index is 0.284. The molecule has 0 amide bonds. The molecule has 0 radical (unpaired) electrons. The highest BCUT2D eigenvalue weighted by Crippen LogP contribution is 2.28. The van der Waals surface area contributed by atoms with E-state index in [0.717, 1.165) is 18.4 Å². The molecular weight excluding hydrogens is 258 g/mol. The summed E-state index contributed by atoms with van der Waals surface area (Å²) in [7, 11) is 0. The predicted octanol–water partition coefficient (Wildman–Crippen LogP) is 4.31. The van der Waals surface area contributed by atoms with Crippen molar-refractivity contribution in [2.45, 2.75) is 32.8 Å². The largest absolute Gasteiger partial charge is 0.383 e. The first-order valence-electron chi connectivity index (χ1n) is 6.76. The molecule has 106 valence electrons. The van der Waals surface area contributed by atoms with Crippen LogP contribution in [-0.4, -0.2) is 5.11 Å². The van der Waals surface area contributed by atoms with E-state index in [1.165, 1.54) is 12.1 Å². The molecule has 2 aromatic rings. The fourth-order valence-corrected chi connectivity index (χ4v) is 2.25. The van der Waals surface area contributed by atoms with Crippen molar-refractivity contribution in [3.05, 3.63) is 70.3 Å².